The first-order valence-electron chi connectivity index (χ1n) is 6.00. The van der Waals surface area contributed by atoms with E-state index in [0.717, 1.165) is 16.7 Å². The van der Waals surface area contributed by atoms with E-state index in [4.69, 9.17) is 5.26 Å². The van der Waals surface area contributed by atoms with E-state index in [9.17, 15) is 0 Å². The second kappa shape index (κ2) is 5.77. The van der Waals surface area contributed by atoms with Gasteiger partial charge in [-0.1, -0.05) is 19.9 Å². The summed E-state index contributed by atoms with van der Waals surface area (Å²) >= 11 is 5.19. The molecule has 0 spiro atoms. The Morgan fingerprint density at radius 3 is 2.74 bits per heavy atom. The molecule has 1 aromatic carbocycles. The maximum absolute atomic E-state index is 8.89. The summed E-state index contributed by atoms with van der Waals surface area (Å²) in [6.07, 6.45) is 0. The molecule has 0 fully saturated rings. The molecule has 0 saturated carbocycles. The monoisotopic (exact) mass is 334 g/mol. The highest BCUT2D eigenvalue weighted by Crippen LogP contribution is 2.28. The number of nitrogens with one attached hydrogen (secondary N) is 1. The first-order valence-corrected chi connectivity index (χ1v) is 7.68. The Labute approximate surface area is 126 Å². The molecule has 1 aromatic heterocycles. The summed E-state index contributed by atoms with van der Waals surface area (Å²) in [5, 5.41) is 14.4. The maximum atomic E-state index is 8.89. The number of hydrogen-bond acceptors (Lipinski definition) is 3. The Balaban J connectivity index is 2.07. The molecule has 2 nitrogen and oxygen atoms in total. The van der Waals surface area contributed by atoms with Crippen LogP contribution in [-0.2, 0) is 5.41 Å². The Kier molecular flexibility index (Phi) is 4.28. The van der Waals surface area contributed by atoms with Gasteiger partial charge in [-0.3, -0.25) is 0 Å². The van der Waals surface area contributed by atoms with Crippen LogP contribution in [0, 0.1) is 11.3 Å². The summed E-state index contributed by atoms with van der Waals surface area (Å²) in [5.41, 5.74) is 1.77. The molecule has 0 bridgehead atoms. The van der Waals surface area contributed by atoms with Crippen molar-refractivity contribution in [2.24, 2.45) is 0 Å². The van der Waals surface area contributed by atoms with Crippen LogP contribution in [0.2, 0.25) is 0 Å². The zero-order valence-corrected chi connectivity index (χ0v) is 13.3. The van der Waals surface area contributed by atoms with Crippen LogP contribution >= 0.6 is 27.3 Å². The molecule has 1 N–H and O–H groups in total. The van der Waals surface area contributed by atoms with E-state index in [1.54, 1.807) is 11.3 Å². The normalized spacial score (nSPS) is 11.1. The number of nitriles is 1. The van der Waals surface area contributed by atoms with E-state index in [0.29, 0.717) is 5.56 Å². The lowest BCUT2D eigenvalue weighted by Gasteiger charge is -2.24. The fraction of sp³-hybridized carbons (Fsp3) is 0.267. The molecule has 2 aromatic rings. The molecule has 4 heteroatoms. The highest BCUT2D eigenvalue weighted by Gasteiger charge is 2.21. The molecule has 0 amide bonds. The third-order valence-corrected chi connectivity index (χ3v) is 4.90. The Morgan fingerprint density at radius 1 is 1.37 bits per heavy atom. The van der Waals surface area contributed by atoms with E-state index in [1.807, 2.05) is 18.2 Å². The minimum absolute atomic E-state index is 0.0918. The van der Waals surface area contributed by atoms with Crippen LogP contribution in [0.25, 0.3) is 0 Å². The van der Waals surface area contributed by atoms with Crippen LogP contribution in [0.15, 0.2) is 40.2 Å². The summed E-state index contributed by atoms with van der Waals surface area (Å²) in [6, 6.07) is 12.1. The average molecular weight is 335 g/mol. The predicted octanol–water partition coefficient (Wildman–Crippen LogP) is 4.77. The van der Waals surface area contributed by atoms with Crippen molar-refractivity contribution in [2.45, 2.75) is 19.3 Å². The van der Waals surface area contributed by atoms with Gasteiger partial charge in [-0.25, -0.2) is 0 Å². The highest BCUT2D eigenvalue weighted by molar-refractivity contribution is 9.10. The number of rotatable bonds is 4. The van der Waals surface area contributed by atoms with Gasteiger partial charge in [0.05, 0.1) is 5.56 Å². The quantitative estimate of drug-likeness (QED) is 0.873. The standard InChI is InChI=1S/C15H15BrN2S/c1-15(2,14-4-3-7-19-14)10-18-12-6-5-11(9-17)13(16)8-12/h3-8,18H,10H2,1-2H3. The van der Waals surface area contributed by atoms with Crippen molar-refractivity contribution >= 4 is 33.0 Å². The summed E-state index contributed by atoms with van der Waals surface area (Å²) in [6.45, 7) is 5.31. The molecule has 0 unspecified atom stereocenters. The minimum Gasteiger partial charge on any atom is -0.384 e. The van der Waals surface area contributed by atoms with Crippen molar-refractivity contribution in [3.05, 3.63) is 50.6 Å². The Morgan fingerprint density at radius 2 is 2.16 bits per heavy atom. The van der Waals surface area contributed by atoms with E-state index in [-0.39, 0.29) is 5.41 Å². The predicted molar refractivity (Wildman–Crippen MR) is 84.7 cm³/mol. The number of anilines is 1. The molecule has 1 heterocycles. The third-order valence-electron chi connectivity index (χ3n) is 3.01. The molecule has 2 rings (SSSR count). The Hall–Kier alpha value is -1.31. The van der Waals surface area contributed by atoms with Gasteiger partial charge in [0.2, 0.25) is 0 Å². The second-order valence-corrected chi connectivity index (χ2v) is 6.82. The van der Waals surface area contributed by atoms with Crippen molar-refractivity contribution in [1.82, 2.24) is 0 Å². The molecule has 0 atom stereocenters. The number of halogens is 1. The number of nitrogens with zero attached hydrogens (tertiary/aromatic N) is 1. The van der Waals surface area contributed by atoms with Gasteiger partial charge in [-0.15, -0.1) is 11.3 Å². The molecule has 0 aliphatic heterocycles. The highest BCUT2D eigenvalue weighted by atomic mass is 79.9. The van der Waals surface area contributed by atoms with Crippen LogP contribution in [0.5, 0.6) is 0 Å². The van der Waals surface area contributed by atoms with Gasteiger partial charge in [0.1, 0.15) is 6.07 Å². The zero-order valence-electron chi connectivity index (χ0n) is 10.9. The van der Waals surface area contributed by atoms with Crippen LogP contribution in [-0.4, -0.2) is 6.54 Å². The van der Waals surface area contributed by atoms with Gasteiger partial charge in [0.25, 0.3) is 0 Å². The van der Waals surface area contributed by atoms with Crippen LogP contribution < -0.4 is 5.32 Å². The van der Waals surface area contributed by atoms with E-state index in [1.165, 1.54) is 4.88 Å². The summed E-state index contributed by atoms with van der Waals surface area (Å²) in [5.74, 6) is 0. The first kappa shape index (κ1) is 14.1. The summed E-state index contributed by atoms with van der Waals surface area (Å²) < 4.78 is 0.828. The van der Waals surface area contributed by atoms with Crippen molar-refractivity contribution in [3.63, 3.8) is 0 Å². The molecule has 0 aliphatic carbocycles. The van der Waals surface area contributed by atoms with Crippen LogP contribution in [0.4, 0.5) is 5.69 Å². The van der Waals surface area contributed by atoms with Gasteiger partial charge in [0.15, 0.2) is 0 Å². The fourth-order valence-corrected chi connectivity index (χ4v) is 3.11. The fourth-order valence-electron chi connectivity index (χ4n) is 1.79. The smallest absolute Gasteiger partial charge is 0.100 e. The summed E-state index contributed by atoms with van der Waals surface area (Å²) in [7, 11) is 0. The SMILES string of the molecule is CC(C)(CNc1ccc(C#N)c(Br)c1)c1cccs1. The minimum atomic E-state index is 0.0918. The Bertz CT molecular complexity index is 597. The molecule has 0 saturated heterocycles. The number of benzene rings is 1. The van der Waals surface area contributed by atoms with E-state index in [2.05, 4.69) is 58.7 Å². The topological polar surface area (TPSA) is 35.8 Å². The van der Waals surface area contributed by atoms with Gasteiger partial charge in [-0.05, 0) is 45.6 Å². The van der Waals surface area contributed by atoms with Crippen molar-refractivity contribution in [3.8, 4) is 6.07 Å². The van der Waals surface area contributed by atoms with E-state index >= 15 is 0 Å². The maximum Gasteiger partial charge on any atom is 0.100 e. The van der Waals surface area contributed by atoms with Gasteiger partial charge in [0, 0.05) is 27.0 Å². The van der Waals surface area contributed by atoms with Crippen molar-refractivity contribution in [1.29, 1.82) is 5.26 Å². The zero-order chi connectivity index (χ0) is 13.9. The molecule has 98 valence electrons. The first-order chi connectivity index (χ1) is 9.03. The lowest BCUT2D eigenvalue weighted by atomic mass is 9.91. The van der Waals surface area contributed by atoms with Gasteiger partial charge >= 0.3 is 0 Å². The van der Waals surface area contributed by atoms with Gasteiger partial charge in [-0.2, -0.15) is 5.26 Å². The van der Waals surface area contributed by atoms with Crippen LogP contribution in [0.1, 0.15) is 24.3 Å². The third kappa shape index (κ3) is 3.37. The summed E-state index contributed by atoms with van der Waals surface area (Å²) in [4.78, 5) is 1.37. The number of hydrogen-bond donors (Lipinski definition) is 1. The lowest BCUT2D eigenvalue weighted by Crippen LogP contribution is -2.26. The van der Waals surface area contributed by atoms with E-state index < -0.39 is 0 Å². The molecule has 0 aliphatic rings. The van der Waals surface area contributed by atoms with Crippen molar-refractivity contribution in [2.75, 3.05) is 11.9 Å². The molecular formula is C15H15BrN2S. The largest absolute Gasteiger partial charge is 0.384 e. The second-order valence-electron chi connectivity index (χ2n) is 5.02. The van der Waals surface area contributed by atoms with Gasteiger partial charge < -0.3 is 5.32 Å². The molecule has 0 radical (unpaired) electrons. The molecule has 19 heavy (non-hydrogen) atoms. The molecular weight excluding hydrogens is 320 g/mol. The number of thiophene rings is 1. The van der Waals surface area contributed by atoms with Crippen molar-refractivity contribution < 1.29 is 0 Å². The average Bonchev–Trinajstić information content (AvgIpc) is 2.91. The van der Waals surface area contributed by atoms with Crippen LogP contribution in [0.3, 0.4) is 0 Å². The lowest BCUT2D eigenvalue weighted by molar-refractivity contribution is 0.569.